The molecule has 0 spiro atoms. The normalized spacial score (nSPS) is 11.5. The van der Waals surface area contributed by atoms with Gasteiger partial charge in [-0.15, -0.1) is 0 Å². The molecule has 1 aromatic carbocycles. The maximum atomic E-state index is 11.8. The lowest BCUT2D eigenvalue weighted by atomic mass is 10.3. The molecule has 2 aromatic rings. The van der Waals surface area contributed by atoms with E-state index in [0.717, 1.165) is 4.47 Å². The smallest absolute Gasteiger partial charge is 0.279 e. The van der Waals surface area contributed by atoms with Crippen LogP contribution in [0.25, 0.3) is 0 Å². The number of hydrogen-bond acceptors (Lipinski definition) is 4. The highest BCUT2D eigenvalue weighted by Crippen LogP contribution is 2.18. The summed E-state index contributed by atoms with van der Waals surface area (Å²) in [6.45, 7) is 1.58. The van der Waals surface area contributed by atoms with Gasteiger partial charge in [0, 0.05) is 4.47 Å². The second-order valence-corrected chi connectivity index (χ2v) is 5.09. The minimum atomic E-state index is -0.760. The Balaban J connectivity index is 1.84. The molecule has 21 heavy (non-hydrogen) atoms. The summed E-state index contributed by atoms with van der Waals surface area (Å²) < 4.78 is 11.1. The second-order valence-electron chi connectivity index (χ2n) is 4.17. The SMILES string of the molecule is CC(Oc1cccc(Br)c1)C(=O)NNC(=O)c1ccoc1. The third-order valence-corrected chi connectivity index (χ3v) is 3.05. The lowest BCUT2D eigenvalue weighted by Gasteiger charge is -2.15. The molecular weight excluding hydrogens is 340 g/mol. The molecule has 1 atom stereocenters. The van der Waals surface area contributed by atoms with Gasteiger partial charge < -0.3 is 9.15 Å². The zero-order valence-electron chi connectivity index (χ0n) is 11.1. The average Bonchev–Trinajstić information content (AvgIpc) is 2.98. The highest BCUT2D eigenvalue weighted by Gasteiger charge is 2.16. The summed E-state index contributed by atoms with van der Waals surface area (Å²) in [6.07, 6.45) is 1.89. The van der Waals surface area contributed by atoms with Crippen molar-refractivity contribution in [2.24, 2.45) is 0 Å². The van der Waals surface area contributed by atoms with Crippen LogP contribution in [0, 0.1) is 0 Å². The van der Waals surface area contributed by atoms with Crippen molar-refractivity contribution >= 4 is 27.7 Å². The second kappa shape index (κ2) is 6.94. The Hall–Kier alpha value is -2.28. The van der Waals surface area contributed by atoms with Gasteiger partial charge in [0.2, 0.25) is 0 Å². The largest absolute Gasteiger partial charge is 0.481 e. The minimum absolute atomic E-state index is 0.316. The van der Waals surface area contributed by atoms with Gasteiger partial charge >= 0.3 is 0 Å². The Bertz CT molecular complexity index is 628. The molecule has 110 valence electrons. The van der Waals surface area contributed by atoms with E-state index in [1.165, 1.54) is 18.6 Å². The van der Waals surface area contributed by atoms with Gasteiger partial charge in [-0.05, 0) is 31.2 Å². The number of ether oxygens (including phenoxy) is 1. The van der Waals surface area contributed by atoms with Crippen molar-refractivity contribution < 1.29 is 18.7 Å². The molecule has 1 unspecified atom stereocenters. The van der Waals surface area contributed by atoms with Crippen LogP contribution < -0.4 is 15.6 Å². The molecule has 1 heterocycles. The molecule has 0 fully saturated rings. The lowest BCUT2D eigenvalue weighted by Crippen LogP contribution is -2.47. The Kier molecular flexibility index (Phi) is 4.99. The van der Waals surface area contributed by atoms with E-state index in [9.17, 15) is 9.59 Å². The predicted molar refractivity (Wildman–Crippen MR) is 78.5 cm³/mol. The maximum Gasteiger partial charge on any atom is 0.279 e. The van der Waals surface area contributed by atoms with Crippen molar-refractivity contribution in [2.75, 3.05) is 0 Å². The average molecular weight is 353 g/mol. The van der Waals surface area contributed by atoms with Gasteiger partial charge in [-0.1, -0.05) is 22.0 Å². The van der Waals surface area contributed by atoms with Crippen LogP contribution in [0.2, 0.25) is 0 Å². The highest BCUT2D eigenvalue weighted by molar-refractivity contribution is 9.10. The molecule has 0 saturated carbocycles. The van der Waals surface area contributed by atoms with Crippen molar-refractivity contribution in [2.45, 2.75) is 13.0 Å². The maximum absolute atomic E-state index is 11.8. The molecule has 0 aliphatic rings. The van der Waals surface area contributed by atoms with Crippen LogP contribution >= 0.6 is 15.9 Å². The quantitative estimate of drug-likeness (QED) is 0.827. The van der Waals surface area contributed by atoms with Gasteiger partial charge in [-0.3, -0.25) is 20.4 Å². The van der Waals surface area contributed by atoms with Gasteiger partial charge in [0.1, 0.15) is 12.0 Å². The van der Waals surface area contributed by atoms with E-state index in [4.69, 9.17) is 9.15 Å². The number of nitrogens with one attached hydrogen (secondary N) is 2. The fraction of sp³-hybridized carbons (Fsp3) is 0.143. The first kappa shape index (κ1) is 15.1. The summed E-state index contributed by atoms with van der Waals surface area (Å²) in [5, 5.41) is 0. The van der Waals surface area contributed by atoms with Crippen molar-refractivity contribution in [3.8, 4) is 5.75 Å². The van der Waals surface area contributed by atoms with E-state index in [0.29, 0.717) is 11.3 Å². The van der Waals surface area contributed by atoms with E-state index in [1.54, 1.807) is 25.1 Å². The number of rotatable bonds is 4. The standard InChI is InChI=1S/C14H13BrN2O4/c1-9(21-12-4-2-3-11(15)7-12)13(18)16-17-14(19)10-5-6-20-8-10/h2-9H,1H3,(H,16,18)(H,17,19). The minimum Gasteiger partial charge on any atom is -0.481 e. The van der Waals surface area contributed by atoms with Crippen molar-refractivity contribution in [1.82, 2.24) is 10.9 Å². The van der Waals surface area contributed by atoms with Crippen LogP contribution in [-0.4, -0.2) is 17.9 Å². The third kappa shape index (κ3) is 4.35. The van der Waals surface area contributed by atoms with E-state index >= 15 is 0 Å². The topological polar surface area (TPSA) is 80.6 Å². The van der Waals surface area contributed by atoms with E-state index in [1.807, 2.05) is 6.07 Å². The molecule has 0 bridgehead atoms. The Morgan fingerprint density at radius 3 is 2.76 bits per heavy atom. The third-order valence-electron chi connectivity index (χ3n) is 2.56. The highest BCUT2D eigenvalue weighted by atomic mass is 79.9. The van der Waals surface area contributed by atoms with Crippen molar-refractivity contribution in [1.29, 1.82) is 0 Å². The molecule has 1 aromatic heterocycles. The summed E-state index contributed by atoms with van der Waals surface area (Å²) >= 11 is 3.31. The van der Waals surface area contributed by atoms with Crippen LogP contribution in [0.1, 0.15) is 17.3 Å². The van der Waals surface area contributed by atoms with Gasteiger partial charge in [0.05, 0.1) is 11.8 Å². The molecule has 6 nitrogen and oxygen atoms in total. The number of benzene rings is 1. The fourth-order valence-electron chi connectivity index (χ4n) is 1.48. The Morgan fingerprint density at radius 1 is 1.29 bits per heavy atom. The molecule has 0 aliphatic heterocycles. The molecule has 2 rings (SSSR count). The molecule has 2 amide bonds. The van der Waals surface area contributed by atoms with E-state index in [2.05, 4.69) is 26.8 Å². The van der Waals surface area contributed by atoms with Crippen LogP contribution in [0.5, 0.6) is 5.75 Å². The van der Waals surface area contributed by atoms with E-state index < -0.39 is 17.9 Å². The first-order valence-electron chi connectivity index (χ1n) is 6.11. The molecule has 0 radical (unpaired) electrons. The molecule has 0 saturated heterocycles. The molecule has 0 aliphatic carbocycles. The Morgan fingerprint density at radius 2 is 2.10 bits per heavy atom. The van der Waals surface area contributed by atoms with Gasteiger partial charge in [-0.2, -0.15) is 0 Å². The van der Waals surface area contributed by atoms with E-state index in [-0.39, 0.29) is 0 Å². The van der Waals surface area contributed by atoms with Crippen molar-refractivity contribution in [3.63, 3.8) is 0 Å². The lowest BCUT2D eigenvalue weighted by molar-refractivity contribution is -0.128. The van der Waals surface area contributed by atoms with Crippen LogP contribution in [-0.2, 0) is 4.79 Å². The molecule has 2 N–H and O–H groups in total. The predicted octanol–water partition coefficient (Wildman–Crippen LogP) is 2.27. The zero-order chi connectivity index (χ0) is 15.2. The fourth-order valence-corrected chi connectivity index (χ4v) is 1.86. The van der Waals surface area contributed by atoms with Crippen LogP contribution in [0.3, 0.4) is 0 Å². The number of carbonyl (C=O) groups excluding carboxylic acids is 2. The summed E-state index contributed by atoms with van der Waals surface area (Å²) in [6, 6.07) is 8.61. The monoisotopic (exact) mass is 352 g/mol. The van der Waals surface area contributed by atoms with Crippen LogP contribution in [0.15, 0.2) is 51.7 Å². The number of halogens is 1. The van der Waals surface area contributed by atoms with Gasteiger partial charge in [0.15, 0.2) is 6.10 Å². The molecule has 7 heteroatoms. The number of hydrogen-bond donors (Lipinski definition) is 2. The number of furan rings is 1. The van der Waals surface area contributed by atoms with Crippen molar-refractivity contribution in [3.05, 3.63) is 52.9 Å². The first-order chi connectivity index (χ1) is 10.1. The number of hydrazine groups is 1. The van der Waals surface area contributed by atoms with Gasteiger partial charge in [0.25, 0.3) is 11.8 Å². The van der Waals surface area contributed by atoms with Crippen LogP contribution in [0.4, 0.5) is 0 Å². The summed E-state index contributed by atoms with van der Waals surface area (Å²) in [5.74, 6) is -0.383. The summed E-state index contributed by atoms with van der Waals surface area (Å²) in [4.78, 5) is 23.4. The Labute approximate surface area is 129 Å². The van der Waals surface area contributed by atoms with Gasteiger partial charge in [-0.25, -0.2) is 0 Å². The zero-order valence-corrected chi connectivity index (χ0v) is 12.7. The molecular formula is C14H13BrN2O4. The number of carbonyl (C=O) groups is 2. The summed E-state index contributed by atoms with van der Waals surface area (Å²) in [7, 11) is 0. The number of amides is 2. The summed E-state index contributed by atoms with van der Waals surface area (Å²) in [5.41, 5.74) is 4.88. The first-order valence-corrected chi connectivity index (χ1v) is 6.90.